The van der Waals surface area contributed by atoms with E-state index in [4.69, 9.17) is 0 Å². The number of carbonyl (C=O) groups excluding carboxylic acids is 1. The second-order valence-corrected chi connectivity index (χ2v) is 5.46. The van der Waals surface area contributed by atoms with Crippen LogP contribution >= 0.6 is 0 Å². The first kappa shape index (κ1) is 13.7. The van der Waals surface area contributed by atoms with Crippen LogP contribution in [-0.2, 0) is 16.6 Å². The molecule has 3 nitrogen and oxygen atoms in total. The van der Waals surface area contributed by atoms with Gasteiger partial charge in [-0.3, -0.25) is 0 Å². The highest BCUT2D eigenvalue weighted by Crippen LogP contribution is 2.22. The van der Waals surface area contributed by atoms with Gasteiger partial charge in [0.15, 0.2) is 0 Å². The van der Waals surface area contributed by atoms with E-state index in [1.807, 2.05) is 12.1 Å². The molecule has 0 radical (unpaired) electrons. The molecule has 0 heterocycles. The van der Waals surface area contributed by atoms with Crippen LogP contribution in [-0.4, -0.2) is 12.5 Å². The second kappa shape index (κ2) is 5.32. The molecule has 17 heavy (non-hydrogen) atoms. The zero-order valence-corrected chi connectivity index (χ0v) is 10.8. The summed E-state index contributed by atoms with van der Waals surface area (Å²) in [6, 6.07) is 8.11. The fourth-order valence-corrected chi connectivity index (χ4v) is 1.73. The quantitative estimate of drug-likeness (QED) is 0.806. The van der Waals surface area contributed by atoms with Crippen LogP contribution in [0.2, 0.25) is 0 Å². The summed E-state index contributed by atoms with van der Waals surface area (Å²) in [5.41, 5.74) is 6.04. The molecule has 1 atom stereocenters. The van der Waals surface area contributed by atoms with Crippen molar-refractivity contribution in [2.24, 2.45) is 5.92 Å². The predicted molar refractivity (Wildman–Crippen MR) is 65.1 cm³/mol. The molecular formula is C14H21NO2. The van der Waals surface area contributed by atoms with Gasteiger partial charge in [-0.25, -0.2) is 0 Å². The zero-order valence-electron chi connectivity index (χ0n) is 10.8. The summed E-state index contributed by atoms with van der Waals surface area (Å²) in [6.45, 7) is 6.83. The molecule has 0 unspecified atom stereocenters. The van der Waals surface area contributed by atoms with Crippen molar-refractivity contribution in [1.82, 2.24) is 0 Å². The molecule has 1 aromatic rings. The third kappa shape index (κ3) is 3.86. The number of aliphatic carboxylic acids is 1. The lowest BCUT2D eigenvalue weighted by Gasteiger charge is -2.20. The number of carboxylic acids is 1. The molecule has 94 valence electrons. The first-order chi connectivity index (χ1) is 7.84. The number of benzene rings is 1. The first-order valence-electron chi connectivity index (χ1n) is 5.94. The predicted octanol–water partition coefficient (Wildman–Crippen LogP) is 0.135. The van der Waals surface area contributed by atoms with Gasteiger partial charge < -0.3 is 15.6 Å². The van der Waals surface area contributed by atoms with Gasteiger partial charge in [0.25, 0.3) is 0 Å². The van der Waals surface area contributed by atoms with Gasteiger partial charge in [0, 0.05) is 0 Å². The Morgan fingerprint density at radius 3 is 2.18 bits per heavy atom. The minimum Gasteiger partial charge on any atom is -0.550 e. The standard InChI is InChI=1S/C14H21NO2/c1-14(2,3)12-6-4-10(5-7-12)8-11(9-15)13(16)17/h4-7,11H,8-9,15H2,1-3H3,(H,16,17)/t11-/m1/s1. The van der Waals surface area contributed by atoms with Crippen LogP contribution in [0.3, 0.4) is 0 Å². The van der Waals surface area contributed by atoms with Crippen LogP contribution in [0.25, 0.3) is 0 Å². The number of rotatable bonds is 4. The van der Waals surface area contributed by atoms with Gasteiger partial charge in [0.2, 0.25) is 0 Å². The number of quaternary nitrogens is 1. The van der Waals surface area contributed by atoms with E-state index in [9.17, 15) is 9.90 Å². The first-order valence-corrected chi connectivity index (χ1v) is 5.94. The molecule has 0 fully saturated rings. The SMILES string of the molecule is CC(C)(C)c1ccc(C[C@H](C[NH3+])C(=O)[O-])cc1. The lowest BCUT2D eigenvalue weighted by Crippen LogP contribution is -2.57. The Balaban J connectivity index is 2.78. The van der Waals surface area contributed by atoms with Gasteiger partial charge in [0.05, 0.1) is 18.4 Å². The molecule has 0 saturated heterocycles. The molecule has 0 aliphatic carbocycles. The molecule has 3 heteroatoms. The Labute approximate surface area is 103 Å². The Morgan fingerprint density at radius 1 is 1.29 bits per heavy atom. The van der Waals surface area contributed by atoms with Crippen molar-refractivity contribution < 1.29 is 15.6 Å². The Bertz CT molecular complexity index is 376. The van der Waals surface area contributed by atoms with Crippen LogP contribution in [0.4, 0.5) is 0 Å². The summed E-state index contributed by atoms with van der Waals surface area (Å²) in [5, 5.41) is 10.8. The van der Waals surface area contributed by atoms with Gasteiger partial charge in [-0.15, -0.1) is 0 Å². The maximum atomic E-state index is 10.8. The van der Waals surface area contributed by atoms with E-state index in [1.165, 1.54) is 5.56 Å². The van der Waals surface area contributed by atoms with Crippen LogP contribution in [0, 0.1) is 5.92 Å². The van der Waals surface area contributed by atoms with Crippen molar-refractivity contribution in [3.8, 4) is 0 Å². The van der Waals surface area contributed by atoms with Crippen molar-refractivity contribution in [3.63, 3.8) is 0 Å². The van der Waals surface area contributed by atoms with E-state index in [0.29, 0.717) is 13.0 Å². The summed E-state index contributed by atoms with van der Waals surface area (Å²) in [5.74, 6) is -1.50. The third-order valence-electron chi connectivity index (χ3n) is 2.98. The molecule has 0 aliphatic rings. The van der Waals surface area contributed by atoms with Crippen molar-refractivity contribution in [2.45, 2.75) is 32.6 Å². The highest BCUT2D eigenvalue weighted by molar-refractivity contribution is 5.68. The van der Waals surface area contributed by atoms with Crippen molar-refractivity contribution in [2.75, 3.05) is 6.54 Å². The minimum absolute atomic E-state index is 0.124. The van der Waals surface area contributed by atoms with Crippen molar-refractivity contribution >= 4 is 5.97 Å². The van der Waals surface area contributed by atoms with Crippen LogP contribution in [0.15, 0.2) is 24.3 Å². The molecule has 0 aliphatic heterocycles. The summed E-state index contributed by atoms with van der Waals surface area (Å²) in [6.07, 6.45) is 0.496. The number of hydrogen-bond donors (Lipinski definition) is 1. The van der Waals surface area contributed by atoms with Gasteiger partial charge in [-0.1, -0.05) is 45.0 Å². The molecule has 1 aromatic carbocycles. The molecular weight excluding hydrogens is 214 g/mol. The fourth-order valence-electron chi connectivity index (χ4n) is 1.73. The third-order valence-corrected chi connectivity index (χ3v) is 2.98. The normalized spacial score (nSPS) is 13.4. The largest absolute Gasteiger partial charge is 0.550 e. The summed E-state index contributed by atoms with van der Waals surface area (Å²) in [7, 11) is 0. The van der Waals surface area contributed by atoms with Crippen LogP contribution in [0.1, 0.15) is 31.9 Å². The smallest absolute Gasteiger partial charge is 0.0824 e. The van der Waals surface area contributed by atoms with E-state index in [-0.39, 0.29) is 5.41 Å². The van der Waals surface area contributed by atoms with Crippen LogP contribution < -0.4 is 10.8 Å². The fraction of sp³-hybridized carbons (Fsp3) is 0.500. The van der Waals surface area contributed by atoms with Gasteiger partial charge in [0.1, 0.15) is 0 Å². The molecule has 0 saturated carbocycles. The van der Waals surface area contributed by atoms with Crippen molar-refractivity contribution in [3.05, 3.63) is 35.4 Å². The Hall–Kier alpha value is -1.35. The lowest BCUT2D eigenvalue weighted by molar-refractivity contribution is -0.387. The van der Waals surface area contributed by atoms with E-state index in [1.54, 1.807) is 0 Å². The van der Waals surface area contributed by atoms with Gasteiger partial charge in [-0.05, 0) is 23.0 Å². The Kier molecular flexibility index (Phi) is 4.29. The van der Waals surface area contributed by atoms with E-state index in [0.717, 1.165) is 5.56 Å². The monoisotopic (exact) mass is 235 g/mol. The number of carbonyl (C=O) groups is 1. The average molecular weight is 235 g/mol. The van der Waals surface area contributed by atoms with E-state index >= 15 is 0 Å². The highest BCUT2D eigenvalue weighted by Gasteiger charge is 2.14. The van der Waals surface area contributed by atoms with E-state index < -0.39 is 11.9 Å². The molecule has 3 N–H and O–H groups in total. The van der Waals surface area contributed by atoms with Gasteiger partial charge >= 0.3 is 0 Å². The second-order valence-electron chi connectivity index (χ2n) is 5.46. The van der Waals surface area contributed by atoms with Crippen molar-refractivity contribution in [1.29, 1.82) is 0 Å². The molecule has 1 rings (SSSR count). The molecule has 0 amide bonds. The molecule has 0 aromatic heterocycles. The summed E-state index contributed by atoms with van der Waals surface area (Å²) >= 11 is 0. The molecule has 0 bridgehead atoms. The van der Waals surface area contributed by atoms with Gasteiger partial charge in [-0.2, -0.15) is 0 Å². The summed E-state index contributed by atoms with van der Waals surface area (Å²) in [4.78, 5) is 10.8. The van der Waals surface area contributed by atoms with Crippen LogP contribution in [0.5, 0.6) is 0 Å². The minimum atomic E-state index is -1.01. The van der Waals surface area contributed by atoms with E-state index in [2.05, 4.69) is 38.6 Å². The Morgan fingerprint density at radius 2 is 1.82 bits per heavy atom. The maximum absolute atomic E-state index is 10.8. The topological polar surface area (TPSA) is 67.8 Å². The zero-order chi connectivity index (χ0) is 13.1. The lowest BCUT2D eigenvalue weighted by atomic mass is 9.86. The highest BCUT2D eigenvalue weighted by atomic mass is 16.4. The average Bonchev–Trinajstić information content (AvgIpc) is 2.25. The number of hydrogen-bond acceptors (Lipinski definition) is 2. The maximum Gasteiger partial charge on any atom is 0.0824 e. The number of carboxylic acid groups (broad SMARTS) is 1. The molecule has 0 spiro atoms. The summed E-state index contributed by atoms with van der Waals surface area (Å²) < 4.78 is 0.